The standard InChI is InChI=1S/C22H21N3O2/c26-20-22(18-12-6-2-7-13-18,19-14-8-3-9-15-19)24-21(27)25(20)23-16-17-10-4-1-5-11-17/h1-4,6-9,12-17H,5,10-11H2,(H,24,27)/b23-16-/t17-/m1/s1. The maximum absolute atomic E-state index is 13.4. The summed E-state index contributed by atoms with van der Waals surface area (Å²) < 4.78 is 0. The van der Waals surface area contributed by atoms with Crippen LogP contribution in [-0.4, -0.2) is 23.2 Å². The lowest BCUT2D eigenvalue weighted by Gasteiger charge is -2.27. The molecule has 2 aromatic carbocycles. The van der Waals surface area contributed by atoms with E-state index in [0.29, 0.717) is 11.1 Å². The van der Waals surface area contributed by atoms with Gasteiger partial charge in [0, 0.05) is 6.21 Å². The second kappa shape index (κ2) is 7.19. The fourth-order valence-corrected chi connectivity index (χ4v) is 3.67. The number of hydrazone groups is 1. The lowest BCUT2D eigenvalue weighted by Crippen LogP contribution is -2.44. The predicted molar refractivity (Wildman–Crippen MR) is 104 cm³/mol. The van der Waals surface area contributed by atoms with Crippen LogP contribution < -0.4 is 5.32 Å². The van der Waals surface area contributed by atoms with Crippen molar-refractivity contribution in [1.29, 1.82) is 0 Å². The summed E-state index contributed by atoms with van der Waals surface area (Å²) in [4.78, 5) is 26.1. The van der Waals surface area contributed by atoms with Gasteiger partial charge >= 0.3 is 6.03 Å². The number of nitrogens with one attached hydrogen (secondary N) is 1. The van der Waals surface area contributed by atoms with E-state index in [0.717, 1.165) is 24.3 Å². The van der Waals surface area contributed by atoms with Gasteiger partial charge in [-0.3, -0.25) is 4.79 Å². The summed E-state index contributed by atoms with van der Waals surface area (Å²) >= 11 is 0. The minimum Gasteiger partial charge on any atom is -0.314 e. The van der Waals surface area contributed by atoms with Crippen LogP contribution in [0.2, 0.25) is 0 Å². The Balaban J connectivity index is 1.73. The molecule has 1 heterocycles. The van der Waals surface area contributed by atoms with Crippen LogP contribution in [0.15, 0.2) is 77.9 Å². The first kappa shape index (κ1) is 17.2. The molecule has 5 heteroatoms. The van der Waals surface area contributed by atoms with Gasteiger partial charge in [0.15, 0.2) is 5.54 Å². The molecule has 0 aromatic heterocycles. The number of urea groups is 1. The molecule has 3 amide bonds. The fraction of sp³-hybridized carbons (Fsp3) is 0.227. The predicted octanol–water partition coefficient (Wildman–Crippen LogP) is 3.82. The first-order valence-corrected chi connectivity index (χ1v) is 9.18. The molecule has 0 radical (unpaired) electrons. The third kappa shape index (κ3) is 3.05. The molecule has 27 heavy (non-hydrogen) atoms. The monoisotopic (exact) mass is 359 g/mol. The Morgan fingerprint density at radius 3 is 2.15 bits per heavy atom. The molecule has 1 fully saturated rings. The van der Waals surface area contributed by atoms with Crippen LogP contribution >= 0.6 is 0 Å². The maximum Gasteiger partial charge on any atom is 0.346 e. The van der Waals surface area contributed by atoms with E-state index in [9.17, 15) is 9.59 Å². The minimum absolute atomic E-state index is 0.249. The van der Waals surface area contributed by atoms with E-state index in [1.165, 1.54) is 0 Å². The number of carbonyl (C=O) groups is 2. The zero-order chi connectivity index (χ0) is 18.7. The SMILES string of the molecule is O=C1NC(c2ccccc2)(c2ccccc2)C(=O)N1/N=C\[C@@H]1CC=CCC1. The molecule has 1 N–H and O–H groups in total. The molecule has 1 atom stereocenters. The highest BCUT2D eigenvalue weighted by molar-refractivity contribution is 6.09. The average Bonchev–Trinajstić information content (AvgIpc) is 2.99. The van der Waals surface area contributed by atoms with Gasteiger partial charge in [0.25, 0.3) is 5.91 Å². The quantitative estimate of drug-likeness (QED) is 0.512. The molecule has 0 saturated carbocycles. The maximum atomic E-state index is 13.4. The van der Waals surface area contributed by atoms with Crippen LogP contribution in [0.25, 0.3) is 0 Å². The summed E-state index contributed by atoms with van der Waals surface area (Å²) in [6.45, 7) is 0. The number of amides is 3. The number of carbonyl (C=O) groups excluding carboxylic acids is 2. The Kier molecular flexibility index (Phi) is 4.59. The minimum atomic E-state index is -1.26. The average molecular weight is 359 g/mol. The molecule has 4 rings (SSSR count). The molecule has 0 spiro atoms. The highest BCUT2D eigenvalue weighted by Crippen LogP contribution is 2.36. The van der Waals surface area contributed by atoms with Crippen molar-refractivity contribution in [2.75, 3.05) is 0 Å². The lowest BCUT2D eigenvalue weighted by molar-refractivity contribution is -0.130. The van der Waals surface area contributed by atoms with E-state index >= 15 is 0 Å². The van der Waals surface area contributed by atoms with Gasteiger partial charge in [-0.15, -0.1) is 5.01 Å². The van der Waals surface area contributed by atoms with Crippen molar-refractivity contribution in [3.8, 4) is 0 Å². The Morgan fingerprint density at radius 1 is 0.963 bits per heavy atom. The number of nitrogens with zero attached hydrogens (tertiary/aromatic N) is 2. The molecule has 136 valence electrons. The van der Waals surface area contributed by atoms with Crippen molar-refractivity contribution in [3.05, 3.63) is 83.9 Å². The van der Waals surface area contributed by atoms with E-state index in [1.807, 2.05) is 60.7 Å². The van der Waals surface area contributed by atoms with Crippen molar-refractivity contribution in [2.45, 2.75) is 24.8 Å². The Bertz CT molecular complexity index is 851. The molecule has 1 saturated heterocycles. The molecule has 1 aliphatic carbocycles. The topological polar surface area (TPSA) is 61.8 Å². The number of rotatable bonds is 4. The second-order valence-corrected chi connectivity index (χ2v) is 6.84. The highest BCUT2D eigenvalue weighted by atomic mass is 16.2. The van der Waals surface area contributed by atoms with Gasteiger partial charge in [0.2, 0.25) is 0 Å². The molecule has 2 aromatic rings. The molecular weight excluding hydrogens is 338 g/mol. The summed E-state index contributed by atoms with van der Waals surface area (Å²) in [5.74, 6) is -0.133. The van der Waals surface area contributed by atoms with Crippen LogP contribution in [-0.2, 0) is 10.3 Å². The first-order chi connectivity index (χ1) is 13.2. The number of benzene rings is 2. The molecule has 2 aliphatic rings. The normalized spacial score (nSPS) is 21.6. The number of allylic oxidation sites excluding steroid dienone is 2. The number of hydrogen-bond acceptors (Lipinski definition) is 3. The van der Waals surface area contributed by atoms with E-state index in [1.54, 1.807) is 6.21 Å². The van der Waals surface area contributed by atoms with Gasteiger partial charge in [-0.25, -0.2) is 4.79 Å². The van der Waals surface area contributed by atoms with Crippen molar-refractivity contribution >= 4 is 18.2 Å². The molecule has 1 aliphatic heterocycles. The molecule has 5 nitrogen and oxygen atoms in total. The summed E-state index contributed by atoms with van der Waals surface area (Å²) in [5, 5.41) is 8.14. The van der Waals surface area contributed by atoms with Gasteiger partial charge < -0.3 is 5.32 Å². The van der Waals surface area contributed by atoms with Crippen LogP contribution in [0, 0.1) is 5.92 Å². The van der Waals surface area contributed by atoms with Crippen LogP contribution in [0.3, 0.4) is 0 Å². The summed E-state index contributed by atoms with van der Waals surface area (Å²) in [5.41, 5.74) is 0.171. The van der Waals surface area contributed by atoms with Crippen LogP contribution in [0.5, 0.6) is 0 Å². The largest absolute Gasteiger partial charge is 0.346 e. The van der Waals surface area contributed by atoms with E-state index in [-0.39, 0.29) is 11.8 Å². The van der Waals surface area contributed by atoms with Crippen molar-refractivity contribution in [3.63, 3.8) is 0 Å². The Labute approximate surface area is 158 Å². The summed E-state index contributed by atoms with van der Waals surface area (Å²) in [6.07, 6.45) is 8.85. The van der Waals surface area contributed by atoms with Gasteiger partial charge in [-0.2, -0.15) is 5.10 Å². The summed E-state index contributed by atoms with van der Waals surface area (Å²) in [7, 11) is 0. The number of hydrogen-bond donors (Lipinski definition) is 1. The van der Waals surface area contributed by atoms with Crippen molar-refractivity contribution in [1.82, 2.24) is 10.3 Å². The van der Waals surface area contributed by atoms with Crippen molar-refractivity contribution < 1.29 is 9.59 Å². The first-order valence-electron chi connectivity index (χ1n) is 9.18. The molecule has 0 unspecified atom stereocenters. The van der Waals surface area contributed by atoms with Crippen LogP contribution in [0.4, 0.5) is 4.79 Å². The van der Waals surface area contributed by atoms with E-state index in [2.05, 4.69) is 22.6 Å². The van der Waals surface area contributed by atoms with E-state index in [4.69, 9.17) is 0 Å². The molecule has 0 bridgehead atoms. The zero-order valence-electron chi connectivity index (χ0n) is 14.9. The van der Waals surface area contributed by atoms with Gasteiger partial charge in [-0.1, -0.05) is 72.8 Å². The fourth-order valence-electron chi connectivity index (χ4n) is 3.67. The summed E-state index contributed by atoms with van der Waals surface area (Å²) in [6, 6.07) is 18.1. The second-order valence-electron chi connectivity index (χ2n) is 6.84. The van der Waals surface area contributed by atoms with Crippen molar-refractivity contribution in [2.24, 2.45) is 11.0 Å². The zero-order valence-corrected chi connectivity index (χ0v) is 14.9. The lowest BCUT2D eigenvalue weighted by atomic mass is 9.83. The smallest absolute Gasteiger partial charge is 0.314 e. The Morgan fingerprint density at radius 2 is 1.59 bits per heavy atom. The third-order valence-corrected chi connectivity index (χ3v) is 5.12. The van der Waals surface area contributed by atoms with E-state index < -0.39 is 11.6 Å². The Hall–Kier alpha value is -3.21. The van der Waals surface area contributed by atoms with Gasteiger partial charge in [0.1, 0.15) is 0 Å². The molecular formula is C22H21N3O2. The van der Waals surface area contributed by atoms with Gasteiger partial charge in [0.05, 0.1) is 0 Å². The van der Waals surface area contributed by atoms with Gasteiger partial charge in [-0.05, 0) is 36.3 Å². The highest BCUT2D eigenvalue weighted by Gasteiger charge is 2.54. The number of imide groups is 1. The third-order valence-electron chi connectivity index (χ3n) is 5.12. The van der Waals surface area contributed by atoms with Crippen LogP contribution in [0.1, 0.15) is 30.4 Å².